The minimum absolute atomic E-state index is 0.346. The topological polar surface area (TPSA) is 68.5 Å². The Hall–Kier alpha value is -2.40. The van der Waals surface area contributed by atoms with Crippen molar-refractivity contribution >= 4 is 5.91 Å². The van der Waals surface area contributed by atoms with Crippen molar-refractivity contribution in [2.75, 3.05) is 19.6 Å². The number of aromatic nitrogens is 1. The Balaban J connectivity index is 1.67. The van der Waals surface area contributed by atoms with Crippen LogP contribution in [0.3, 0.4) is 0 Å². The Morgan fingerprint density at radius 1 is 1.24 bits per heavy atom. The molecule has 3 fully saturated rings. The highest BCUT2D eigenvalue weighted by atomic mass is 16.5. The lowest BCUT2D eigenvalue weighted by atomic mass is 9.74. The number of carbonyl (C=O) groups excluding carboxylic acids is 1. The normalized spacial score (nSPS) is 24.9. The molecule has 3 aliphatic heterocycles. The maximum atomic E-state index is 11.9. The van der Waals surface area contributed by atoms with Crippen LogP contribution in [-0.2, 0) is 0 Å². The summed E-state index contributed by atoms with van der Waals surface area (Å²) in [6.07, 6.45) is 2.38. The van der Waals surface area contributed by atoms with Crippen molar-refractivity contribution in [1.82, 2.24) is 9.88 Å². The zero-order chi connectivity index (χ0) is 17.4. The molecule has 0 aliphatic carbocycles. The summed E-state index contributed by atoms with van der Waals surface area (Å²) in [6.45, 7) is 5.26. The monoisotopic (exact) mass is 337 g/mol. The van der Waals surface area contributed by atoms with Gasteiger partial charge in [-0.3, -0.25) is 4.79 Å². The second-order valence-corrected chi connectivity index (χ2v) is 7.08. The van der Waals surface area contributed by atoms with Gasteiger partial charge in [-0.2, -0.15) is 0 Å². The molecule has 1 aromatic carbocycles. The van der Waals surface area contributed by atoms with E-state index in [9.17, 15) is 4.79 Å². The van der Waals surface area contributed by atoms with Crippen LogP contribution in [0, 0.1) is 12.8 Å². The van der Waals surface area contributed by atoms with Gasteiger partial charge in [-0.15, -0.1) is 0 Å². The Kier molecular flexibility index (Phi) is 4.17. The number of nitrogens with two attached hydrogens (primary N) is 1. The number of nitrogens with zero attached hydrogens (tertiary/aromatic N) is 2. The number of rotatable bonds is 4. The minimum Gasteiger partial charge on any atom is -0.439 e. The van der Waals surface area contributed by atoms with Gasteiger partial charge < -0.3 is 15.4 Å². The van der Waals surface area contributed by atoms with Crippen LogP contribution in [0.5, 0.6) is 11.6 Å². The summed E-state index contributed by atoms with van der Waals surface area (Å²) in [7, 11) is 0. The predicted molar refractivity (Wildman–Crippen MR) is 95.9 cm³/mol. The predicted octanol–water partition coefficient (Wildman–Crippen LogP) is 3.09. The second-order valence-electron chi connectivity index (χ2n) is 7.08. The van der Waals surface area contributed by atoms with Crippen LogP contribution in [0.1, 0.15) is 40.4 Å². The third kappa shape index (κ3) is 3.24. The van der Waals surface area contributed by atoms with Crippen molar-refractivity contribution in [3.63, 3.8) is 0 Å². The molecule has 0 radical (unpaired) electrons. The first-order valence-corrected chi connectivity index (χ1v) is 8.88. The molecule has 2 aromatic rings. The number of primary amides is 1. The number of amides is 1. The van der Waals surface area contributed by atoms with Gasteiger partial charge in [-0.25, -0.2) is 4.98 Å². The standard InChI is InChI=1S/C20H23N3O2/c1-13-3-2-4-19(22-13)25-15-5-6-16(20(21)24)17(11-15)18-12-23-9-7-14(18)8-10-23/h2-6,11,14,18H,7-10,12H2,1H3,(H2,21,24)/t18-/m1/s1. The van der Waals surface area contributed by atoms with Gasteiger partial charge >= 0.3 is 0 Å². The smallest absolute Gasteiger partial charge is 0.248 e. The third-order valence-corrected chi connectivity index (χ3v) is 5.43. The highest BCUT2D eigenvalue weighted by molar-refractivity contribution is 5.94. The van der Waals surface area contributed by atoms with Crippen molar-refractivity contribution in [2.24, 2.45) is 11.7 Å². The number of fused-ring (bicyclic) bond motifs is 3. The fourth-order valence-electron chi connectivity index (χ4n) is 4.15. The summed E-state index contributed by atoms with van der Waals surface area (Å²) in [6, 6.07) is 11.3. The van der Waals surface area contributed by atoms with E-state index in [0.29, 0.717) is 29.0 Å². The first-order valence-electron chi connectivity index (χ1n) is 8.88. The van der Waals surface area contributed by atoms with Gasteiger partial charge in [0.2, 0.25) is 11.8 Å². The van der Waals surface area contributed by atoms with Crippen molar-refractivity contribution < 1.29 is 9.53 Å². The molecule has 4 heterocycles. The van der Waals surface area contributed by atoms with E-state index in [-0.39, 0.29) is 5.91 Å². The van der Waals surface area contributed by atoms with E-state index in [1.807, 2.05) is 31.2 Å². The van der Waals surface area contributed by atoms with E-state index in [1.165, 1.54) is 12.8 Å². The molecule has 1 aromatic heterocycles. The van der Waals surface area contributed by atoms with Crippen LogP contribution in [0.15, 0.2) is 36.4 Å². The van der Waals surface area contributed by atoms with E-state index in [2.05, 4.69) is 9.88 Å². The number of ether oxygens (including phenoxy) is 1. The lowest BCUT2D eigenvalue weighted by Crippen LogP contribution is -2.46. The number of benzene rings is 1. The number of pyridine rings is 1. The zero-order valence-electron chi connectivity index (χ0n) is 14.4. The van der Waals surface area contributed by atoms with Gasteiger partial charge in [0, 0.05) is 29.8 Å². The van der Waals surface area contributed by atoms with Gasteiger partial charge in [-0.1, -0.05) is 6.07 Å². The molecule has 0 spiro atoms. The van der Waals surface area contributed by atoms with Crippen LogP contribution in [-0.4, -0.2) is 35.4 Å². The van der Waals surface area contributed by atoms with E-state index >= 15 is 0 Å². The fourth-order valence-corrected chi connectivity index (χ4v) is 4.15. The minimum atomic E-state index is -0.369. The van der Waals surface area contributed by atoms with Crippen LogP contribution >= 0.6 is 0 Å². The molecular weight excluding hydrogens is 314 g/mol. The van der Waals surface area contributed by atoms with Crippen LogP contribution < -0.4 is 10.5 Å². The maximum Gasteiger partial charge on any atom is 0.248 e. The van der Waals surface area contributed by atoms with Gasteiger partial charge in [0.05, 0.1) is 0 Å². The van der Waals surface area contributed by atoms with Gasteiger partial charge in [-0.05, 0) is 68.6 Å². The highest BCUT2D eigenvalue weighted by Crippen LogP contribution is 2.41. The van der Waals surface area contributed by atoms with E-state index < -0.39 is 0 Å². The lowest BCUT2D eigenvalue weighted by Gasteiger charge is -2.45. The summed E-state index contributed by atoms with van der Waals surface area (Å²) < 4.78 is 5.93. The van der Waals surface area contributed by atoms with Gasteiger partial charge in [0.25, 0.3) is 0 Å². The number of carbonyl (C=O) groups is 1. The summed E-state index contributed by atoms with van der Waals surface area (Å²) in [5.41, 5.74) is 8.18. The number of piperidine rings is 3. The molecule has 3 aliphatic rings. The second kappa shape index (κ2) is 6.48. The highest BCUT2D eigenvalue weighted by Gasteiger charge is 2.36. The summed E-state index contributed by atoms with van der Waals surface area (Å²) >= 11 is 0. The van der Waals surface area contributed by atoms with Crippen molar-refractivity contribution in [1.29, 1.82) is 0 Å². The first kappa shape index (κ1) is 16.1. The molecule has 5 nitrogen and oxygen atoms in total. The molecule has 0 unspecified atom stereocenters. The molecule has 130 valence electrons. The first-order chi connectivity index (χ1) is 12.1. The summed E-state index contributed by atoms with van der Waals surface area (Å²) in [5.74, 6) is 1.86. The summed E-state index contributed by atoms with van der Waals surface area (Å²) in [4.78, 5) is 18.8. The average molecular weight is 337 g/mol. The van der Waals surface area contributed by atoms with Crippen LogP contribution in [0.2, 0.25) is 0 Å². The molecule has 5 rings (SSSR count). The average Bonchev–Trinajstić information content (AvgIpc) is 2.62. The zero-order valence-corrected chi connectivity index (χ0v) is 14.4. The third-order valence-electron chi connectivity index (χ3n) is 5.43. The fraction of sp³-hybridized carbons (Fsp3) is 0.400. The molecule has 2 bridgehead atoms. The lowest BCUT2D eigenvalue weighted by molar-refractivity contribution is 0.0855. The van der Waals surface area contributed by atoms with Crippen molar-refractivity contribution in [3.05, 3.63) is 53.2 Å². The molecule has 25 heavy (non-hydrogen) atoms. The Labute approximate surface area is 147 Å². The van der Waals surface area contributed by atoms with E-state index in [4.69, 9.17) is 10.5 Å². The van der Waals surface area contributed by atoms with Crippen molar-refractivity contribution in [2.45, 2.75) is 25.7 Å². The molecular formula is C20H23N3O2. The molecule has 5 heteroatoms. The maximum absolute atomic E-state index is 11.9. The largest absolute Gasteiger partial charge is 0.439 e. The number of hydrogen-bond acceptors (Lipinski definition) is 4. The van der Waals surface area contributed by atoms with Gasteiger partial charge in [0.15, 0.2) is 0 Å². The van der Waals surface area contributed by atoms with E-state index in [1.54, 1.807) is 12.1 Å². The SMILES string of the molecule is Cc1cccc(Oc2ccc(C(N)=O)c([C@@H]3CN4CCC3CC4)c2)n1. The number of hydrogen-bond donors (Lipinski definition) is 1. The van der Waals surface area contributed by atoms with Gasteiger partial charge in [0.1, 0.15) is 5.75 Å². The molecule has 1 amide bonds. The molecule has 3 saturated heterocycles. The number of aryl methyl sites for hydroxylation is 1. The Morgan fingerprint density at radius 2 is 2.04 bits per heavy atom. The quantitative estimate of drug-likeness (QED) is 0.931. The Morgan fingerprint density at radius 3 is 2.68 bits per heavy atom. The summed E-state index contributed by atoms with van der Waals surface area (Å²) in [5, 5.41) is 0. The molecule has 2 N–H and O–H groups in total. The molecule has 1 atom stereocenters. The van der Waals surface area contributed by atoms with E-state index in [0.717, 1.165) is 30.9 Å². The molecule has 0 saturated carbocycles. The van der Waals surface area contributed by atoms with Crippen molar-refractivity contribution in [3.8, 4) is 11.6 Å². The van der Waals surface area contributed by atoms with Crippen LogP contribution in [0.4, 0.5) is 0 Å². The Bertz CT molecular complexity index is 797. The van der Waals surface area contributed by atoms with Crippen LogP contribution in [0.25, 0.3) is 0 Å².